The van der Waals surface area contributed by atoms with E-state index in [2.05, 4.69) is 10.6 Å². The van der Waals surface area contributed by atoms with Crippen molar-refractivity contribution in [1.29, 1.82) is 0 Å². The number of carbonyl (C=O) groups excluding carboxylic acids is 1. The molecule has 4 heteroatoms. The first-order valence-electron chi connectivity index (χ1n) is 6.96. The molecule has 17 heavy (non-hydrogen) atoms. The molecule has 2 aliphatic carbocycles. The summed E-state index contributed by atoms with van der Waals surface area (Å²) in [6.07, 6.45) is 7.49. The van der Waals surface area contributed by atoms with Crippen LogP contribution in [0.2, 0.25) is 0 Å². The quantitative estimate of drug-likeness (QED) is 0.663. The predicted molar refractivity (Wildman–Crippen MR) is 68.6 cm³/mol. The second kappa shape index (κ2) is 5.83. The van der Waals surface area contributed by atoms with Crippen LogP contribution < -0.4 is 16.4 Å². The second-order valence-electron chi connectivity index (χ2n) is 5.65. The minimum absolute atomic E-state index is 0.0184. The molecule has 2 aliphatic rings. The van der Waals surface area contributed by atoms with Gasteiger partial charge in [0.2, 0.25) is 5.91 Å². The van der Waals surface area contributed by atoms with Crippen LogP contribution in [0.15, 0.2) is 0 Å². The van der Waals surface area contributed by atoms with Crippen molar-refractivity contribution in [2.75, 3.05) is 6.54 Å². The van der Waals surface area contributed by atoms with E-state index in [0.29, 0.717) is 6.04 Å². The van der Waals surface area contributed by atoms with E-state index in [9.17, 15) is 4.79 Å². The first-order chi connectivity index (χ1) is 8.16. The van der Waals surface area contributed by atoms with Crippen molar-refractivity contribution in [3.8, 4) is 0 Å². The lowest BCUT2D eigenvalue weighted by atomic mass is 9.90. The van der Waals surface area contributed by atoms with Gasteiger partial charge >= 0.3 is 0 Å². The van der Waals surface area contributed by atoms with Crippen LogP contribution in [-0.4, -0.2) is 30.6 Å². The van der Waals surface area contributed by atoms with Gasteiger partial charge in [0.05, 0.1) is 6.04 Å². The molecule has 4 N–H and O–H groups in total. The fourth-order valence-electron chi connectivity index (χ4n) is 2.50. The normalized spacial score (nSPS) is 30.9. The Kier molecular flexibility index (Phi) is 4.40. The standard InChI is InChI=1S/C13H25N3O/c1-9(14)13(17)16-12-5-3-2-4-11(12)15-8-10-6-7-10/h9-12,15H,2-8,14H2,1H3,(H,16,17). The molecular formula is C13H25N3O. The predicted octanol–water partition coefficient (Wildman–Crippen LogP) is 0.761. The Hall–Kier alpha value is -0.610. The summed E-state index contributed by atoms with van der Waals surface area (Å²) in [5, 5.41) is 6.71. The molecule has 0 radical (unpaired) electrons. The zero-order chi connectivity index (χ0) is 12.3. The number of hydrogen-bond acceptors (Lipinski definition) is 3. The highest BCUT2D eigenvalue weighted by molar-refractivity contribution is 5.81. The molecule has 98 valence electrons. The molecule has 3 atom stereocenters. The molecular weight excluding hydrogens is 214 g/mol. The minimum Gasteiger partial charge on any atom is -0.350 e. The third-order valence-electron chi connectivity index (χ3n) is 3.87. The van der Waals surface area contributed by atoms with Crippen molar-refractivity contribution in [2.24, 2.45) is 11.7 Å². The van der Waals surface area contributed by atoms with Crippen molar-refractivity contribution in [3.63, 3.8) is 0 Å². The van der Waals surface area contributed by atoms with E-state index >= 15 is 0 Å². The van der Waals surface area contributed by atoms with Gasteiger partial charge in [-0.1, -0.05) is 12.8 Å². The highest BCUT2D eigenvalue weighted by atomic mass is 16.2. The maximum Gasteiger partial charge on any atom is 0.236 e. The second-order valence-corrected chi connectivity index (χ2v) is 5.65. The van der Waals surface area contributed by atoms with E-state index in [4.69, 9.17) is 5.73 Å². The third kappa shape index (κ3) is 3.96. The zero-order valence-electron chi connectivity index (χ0n) is 10.7. The summed E-state index contributed by atoms with van der Waals surface area (Å²) in [6.45, 7) is 2.86. The molecule has 4 nitrogen and oxygen atoms in total. The Morgan fingerprint density at radius 3 is 2.47 bits per heavy atom. The molecule has 0 saturated heterocycles. The maximum absolute atomic E-state index is 11.6. The Bertz CT molecular complexity index is 263. The molecule has 3 unspecified atom stereocenters. The molecule has 0 aliphatic heterocycles. The minimum atomic E-state index is -0.402. The summed E-state index contributed by atoms with van der Waals surface area (Å²) in [4.78, 5) is 11.6. The summed E-state index contributed by atoms with van der Waals surface area (Å²) >= 11 is 0. The van der Waals surface area contributed by atoms with E-state index in [1.54, 1.807) is 6.92 Å². The maximum atomic E-state index is 11.6. The van der Waals surface area contributed by atoms with Crippen molar-refractivity contribution in [1.82, 2.24) is 10.6 Å². The van der Waals surface area contributed by atoms with Crippen molar-refractivity contribution < 1.29 is 4.79 Å². The topological polar surface area (TPSA) is 67.2 Å². The third-order valence-corrected chi connectivity index (χ3v) is 3.87. The van der Waals surface area contributed by atoms with Crippen LogP contribution >= 0.6 is 0 Å². The monoisotopic (exact) mass is 239 g/mol. The van der Waals surface area contributed by atoms with Crippen LogP contribution in [0.25, 0.3) is 0 Å². The number of hydrogen-bond donors (Lipinski definition) is 3. The number of nitrogens with one attached hydrogen (secondary N) is 2. The van der Waals surface area contributed by atoms with Crippen LogP contribution in [0, 0.1) is 5.92 Å². The average Bonchev–Trinajstić information content (AvgIpc) is 3.11. The Labute approximate surface area is 104 Å². The number of nitrogens with two attached hydrogens (primary N) is 1. The average molecular weight is 239 g/mol. The molecule has 0 aromatic carbocycles. The van der Waals surface area contributed by atoms with E-state index in [0.717, 1.165) is 18.9 Å². The van der Waals surface area contributed by atoms with Gasteiger partial charge in [0.15, 0.2) is 0 Å². The van der Waals surface area contributed by atoms with E-state index in [1.807, 2.05) is 0 Å². The highest BCUT2D eigenvalue weighted by Crippen LogP contribution is 2.28. The Morgan fingerprint density at radius 2 is 1.88 bits per heavy atom. The molecule has 1 amide bonds. The molecule has 2 saturated carbocycles. The first kappa shape index (κ1) is 12.8. The highest BCUT2D eigenvalue weighted by Gasteiger charge is 2.29. The first-order valence-corrected chi connectivity index (χ1v) is 6.96. The van der Waals surface area contributed by atoms with E-state index in [-0.39, 0.29) is 11.9 Å². The fraction of sp³-hybridized carbons (Fsp3) is 0.923. The van der Waals surface area contributed by atoms with Crippen LogP contribution in [0.1, 0.15) is 45.4 Å². The Balaban J connectivity index is 1.80. The Morgan fingerprint density at radius 1 is 1.24 bits per heavy atom. The van der Waals surface area contributed by atoms with Gasteiger partial charge in [-0.2, -0.15) is 0 Å². The molecule has 2 fully saturated rings. The lowest BCUT2D eigenvalue weighted by molar-refractivity contribution is -0.123. The fourth-order valence-corrected chi connectivity index (χ4v) is 2.50. The number of rotatable bonds is 5. The lowest BCUT2D eigenvalue weighted by Gasteiger charge is -2.33. The van der Waals surface area contributed by atoms with Gasteiger partial charge < -0.3 is 16.4 Å². The van der Waals surface area contributed by atoms with Crippen LogP contribution in [0.5, 0.6) is 0 Å². The van der Waals surface area contributed by atoms with Crippen molar-refractivity contribution in [2.45, 2.75) is 63.6 Å². The smallest absolute Gasteiger partial charge is 0.236 e. The summed E-state index contributed by atoms with van der Waals surface area (Å²) < 4.78 is 0. The van der Waals surface area contributed by atoms with Gasteiger partial charge in [0.25, 0.3) is 0 Å². The van der Waals surface area contributed by atoms with E-state index in [1.165, 1.54) is 32.1 Å². The van der Waals surface area contributed by atoms with Crippen molar-refractivity contribution >= 4 is 5.91 Å². The van der Waals surface area contributed by atoms with E-state index < -0.39 is 6.04 Å². The summed E-state index contributed by atoms with van der Waals surface area (Å²) in [6, 6.07) is 0.328. The van der Waals surface area contributed by atoms with Crippen LogP contribution in [0.3, 0.4) is 0 Å². The van der Waals surface area contributed by atoms with Crippen LogP contribution in [0.4, 0.5) is 0 Å². The molecule has 0 aromatic rings. The SMILES string of the molecule is CC(N)C(=O)NC1CCCCC1NCC1CC1. The number of carbonyl (C=O) groups is 1. The largest absolute Gasteiger partial charge is 0.350 e. The van der Waals surface area contributed by atoms with Gasteiger partial charge in [0.1, 0.15) is 0 Å². The lowest BCUT2D eigenvalue weighted by Crippen LogP contribution is -2.54. The molecule has 2 rings (SSSR count). The van der Waals surface area contributed by atoms with Gasteiger partial charge in [-0.25, -0.2) is 0 Å². The van der Waals surface area contributed by atoms with Crippen molar-refractivity contribution in [3.05, 3.63) is 0 Å². The summed E-state index contributed by atoms with van der Waals surface area (Å²) in [5.41, 5.74) is 5.60. The van der Waals surface area contributed by atoms with Gasteiger partial charge in [-0.3, -0.25) is 4.79 Å². The van der Waals surface area contributed by atoms with Gasteiger partial charge in [-0.05, 0) is 45.1 Å². The molecule has 0 spiro atoms. The van der Waals surface area contributed by atoms with Gasteiger partial charge in [-0.15, -0.1) is 0 Å². The molecule has 0 aromatic heterocycles. The molecule has 0 heterocycles. The number of amides is 1. The summed E-state index contributed by atoms with van der Waals surface area (Å²) in [5.74, 6) is 0.872. The molecule has 0 bridgehead atoms. The zero-order valence-corrected chi connectivity index (χ0v) is 10.7. The van der Waals surface area contributed by atoms with Crippen LogP contribution in [-0.2, 0) is 4.79 Å². The van der Waals surface area contributed by atoms with Gasteiger partial charge in [0, 0.05) is 12.1 Å². The summed E-state index contributed by atoms with van der Waals surface area (Å²) in [7, 11) is 0.